The number of aliphatic imine (C=N–C) groups is 1. The lowest BCUT2D eigenvalue weighted by atomic mass is 9.96. The molecule has 0 fully saturated rings. The van der Waals surface area contributed by atoms with Gasteiger partial charge in [-0.15, -0.1) is 12.4 Å². The van der Waals surface area contributed by atoms with Gasteiger partial charge >= 0.3 is 5.97 Å². The summed E-state index contributed by atoms with van der Waals surface area (Å²) in [6, 6.07) is 5.48. The number of hydrogen-bond acceptors (Lipinski definition) is 6. The molecule has 8 heteroatoms. The number of halogens is 1. The van der Waals surface area contributed by atoms with Crippen LogP contribution in [0.15, 0.2) is 40.5 Å². The Balaban J connectivity index is 0.00000242. The van der Waals surface area contributed by atoms with Crippen molar-refractivity contribution >= 4 is 29.9 Å². The van der Waals surface area contributed by atoms with Gasteiger partial charge in [0.2, 0.25) is 0 Å². The molecule has 0 aromatic heterocycles. The number of nitrogens with one attached hydrogen (secondary N) is 1. The molecular weight excluding hydrogens is 310 g/mol. The molecule has 0 amide bonds. The Morgan fingerprint density at radius 3 is 2.68 bits per heavy atom. The molecule has 0 radical (unpaired) electrons. The van der Waals surface area contributed by atoms with Gasteiger partial charge in [0.05, 0.1) is 23.4 Å². The van der Waals surface area contributed by atoms with Crippen LogP contribution in [0.1, 0.15) is 25.5 Å². The Morgan fingerprint density at radius 1 is 1.41 bits per heavy atom. The summed E-state index contributed by atoms with van der Waals surface area (Å²) in [7, 11) is 1.29. The highest BCUT2D eigenvalue weighted by Crippen LogP contribution is 2.32. The molecule has 118 valence electrons. The number of amidine groups is 1. The lowest BCUT2D eigenvalue weighted by molar-refractivity contribution is -0.384. The Kier molecular flexibility index (Phi) is 5.64. The highest BCUT2D eigenvalue weighted by atomic mass is 35.5. The Hall–Kier alpha value is -2.41. The number of benzene rings is 1. The van der Waals surface area contributed by atoms with E-state index < -0.39 is 16.9 Å². The van der Waals surface area contributed by atoms with Crippen LogP contribution >= 0.6 is 12.4 Å². The molecule has 1 atom stereocenters. The van der Waals surface area contributed by atoms with Crippen LogP contribution < -0.4 is 5.32 Å². The van der Waals surface area contributed by atoms with Crippen molar-refractivity contribution in [2.45, 2.75) is 19.9 Å². The van der Waals surface area contributed by atoms with Gasteiger partial charge in [-0.25, -0.2) is 4.79 Å². The van der Waals surface area contributed by atoms with Crippen molar-refractivity contribution in [3.8, 4) is 0 Å². The Labute approximate surface area is 133 Å². The van der Waals surface area contributed by atoms with Gasteiger partial charge < -0.3 is 10.1 Å². The molecule has 0 bridgehead atoms. The van der Waals surface area contributed by atoms with Crippen LogP contribution in [-0.2, 0) is 9.53 Å². The minimum atomic E-state index is -0.612. The first-order valence-corrected chi connectivity index (χ1v) is 6.29. The number of nitro groups is 1. The maximum Gasteiger partial charge on any atom is 0.338 e. The van der Waals surface area contributed by atoms with Crippen LogP contribution in [0.5, 0.6) is 0 Å². The van der Waals surface area contributed by atoms with Crippen molar-refractivity contribution < 1.29 is 14.5 Å². The van der Waals surface area contributed by atoms with Crippen LogP contribution in [0.4, 0.5) is 5.69 Å². The smallest absolute Gasteiger partial charge is 0.338 e. The van der Waals surface area contributed by atoms with Crippen molar-refractivity contribution in [2.24, 2.45) is 4.99 Å². The topological polar surface area (TPSA) is 93.8 Å². The predicted molar refractivity (Wildman–Crippen MR) is 84.0 cm³/mol. The third kappa shape index (κ3) is 3.43. The van der Waals surface area contributed by atoms with Crippen LogP contribution in [0.25, 0.3) is 0 Å². The Morgan fingerprint density at radius 2 is 2.09 bits per heavy atom. The SMILES string of the molecule is COC(=O)C1=C(C)NC(C)=NC1c1cccc([N+](=O)[O-])c1.Cl. The average molecular weight is 326 g/mol. The van der Waals surface area contributed by atoms with E-state index in [-0.39, 0.29) is 18.1 Å². The summed E-state index contributed by atoms with van der Waals surface area (Å²) < 4.78 is 4.78. The lowest BCUT2D eigenvalue weighted by Gasteiger charge is -2.24. The first-order chi connectivity index (χ1) is 9.93. The number of carbonyl (C=O) groups excluding carboxylic acids is 1. The van der Waals surface area contributed by atoms with E-state index in [0.29, 0.717) is 22.7 Å². The number of non-ortho nitro benzene ring substituents is 1. The maximum atomic E-state index is 12.0. The average Bonchev–Trinajstić information content (AvgIpc) is 2.45. The summed E-state index contributed by atoms with van der Waals surface area (Å²) >= 11 is 0. The summed E-state index contributed by atoms with van der Waals surface area (Å²) in [6.45, 7) is 3.51. The molecule has 1 heterocycles. The highest BCUT2D eigenvalue weighted by Gasteiger charge is 2.29. The number of carbonyl (C=O) groups is 1. The molecule has 1 unspecified atom stereocenters. The maximum absolute atomic E-state index is 12.0. The second-order valence-electron chi connectivity index (χ2n) is 4.62. The first-order valence-electron chi connectivity index (χ1n) is 6.29. The lowest BCUT2D eigenvalue weighted by Crippen LogP contribution is -2.30. The molecule has 1 aliphatic rings. The summed E-state index contributed by atoms with van der Waals surface area (Å²) in [6.07, 6.45) is 0. The molecule has 0 saturated heterocycles. The number of hydrogen-bond donors (Lipinski definition) is 1. The van der Waals surface area contributed by atoms with Gasteiger partial charge in [-0.2, -0.15) is 0 Å². The number of nitrogens with zero attached hydrogens (tertiary/aromatic N) is 2. The molecule has 2 rings (SSSR count). The monoisotopic (exact) mass is 325 g/mol. The summed E-state index contributed by atoms with van der Waals surface area (Å²) in [5.74, 6) is 0.129. The second-order valence-corrected chi connectivity index (χ2v) is 4.62. The van der Waals surface area contributed by atoms with Gasteiger partial charge in [0.1, 0.15) is 6.04 Å². The standard InChI is InChI=1S/C14H15N3O4.ClH/c1-8-12(14(18)21-3)13(16-9(2)15-8)10-5-4-6-11(7-10)17(19)20;/h4-7,13H,1-3H3,(H,15,16);1H. The molecule has 0 aliphatic carbocycles. The van der Waals surface area contributed by atoms with Crippen molar-refractivity contribution in [2.75, 3.05) is 7.11 Å². The number of methoxy groups -OCH3 is 1. The van der Waals surface area contributed by atoms with E-state index >= 15 is 0 Å². The largest absolute Gasteiger partial charge is 0.466 e. The van der Waals surface area contributed by atoms with E-state index in [2.05, 4.69) is 10.3 Å². The van der Waals surface area contributed by atoms with Crippen molar-refractivity contribution in [1.82, 2.24) is 5.32 Å². The van der Waals surface area contributed by atoms with Crippen LogP contribution in [0.3, 0.4) is 0 Å². The molecule has 0 spiro atoms. The van der Waals surface area contributed by atoms with E-state index in [1.54, 1.807) is 26.0 Å². The van der Waals surface area contributed by atoms with Crippen LogP contribution in [0.2, 0.25) is 0 Å². The van der Waals surface area contributed by atoms with Gasteiger partial charge in [-0.1, -0.05) is 12.1 Å². The number of allylic oxidation sites excluding steroid dienone is 1. The Bertz CT molecular complexity index is 670. The molecule has 1 aromatic carbocycles. The molecule has 1 aliphatic heterocycles. The van der Waals surface area contributed by atoms with Crippen LogP contribution in [0, 0.1) is 10.1 Å². The number of ether oxygens (including phenoxy) is 1. The van der Waals surface area contributed by atoms with Gasteiger partial charge in [-0.05, 0) is 19.4 Å². The minimum absolute atomic E-state index is 0. The number of rotatable bonds is 3. The van der Waals surface area contributed by atoms with E-state index in [1.807, 2.05) is 0 Å². The zero-order chi connectivity index (χ0) is 15.6. The molecule has 7 nitrogen and oxygen atoms in total. The van der Waals surface area contributed by atoms with Crippen molar-refractivity contribution in [3.05, 3.63) is 51.2 Å². The molecular formula is C14H16ClN3O4. The van der Waals surface area contributed by atoms with Crippen molar-refractivity contribution in [3.63, 3.8) is 0 Å². The molecule has 0 saturated carbocycles. The summed E-state index contributed by atoms with van der Waals surface area (Å²) in [4.78, 5) is 26.8. The van der Waals surface area contributed by atoms with Gasteiger partial charge in [0, 0.05) is 17.8 Å². The molecule has 1 N–H and O–H groups in total. The summed E-state index contributed by atoms with van der Waals surface area (Å²) in [5, 5.41) is 13.9. The van der Waals surface area contributed by atoms with Gasteiger partial charge in [0.15, 0.2) is 0 Å². The zero-order valence-corrected chi connectivity index (χ0v) is 13.1. The summed E-state index contributed by atoms with van der Waals surface area (Å²) in [5.41, 5.74) is 1.51. The first kappa shape index (κ1) is 17.6. The minimum Gasteiger partial charge on any atom is -0.466 e. The third-order valence-corrected chi connectivity index (χ3v) is 3.17. The van der Waals surface area contributed by atoms with E-state index in [0.717, 1.165) is 0 Å². The normalized spacial score (nSPS) is 17.0. The number of nitro benzene ring substituents is 1. The van der Waals surface area contributed by atoms with E-state index in [1.165, 1.54) is 19.2 Å². The van der Waals surface area contributed by atoms with Crippen LogP contribution in [-0.4, -0.2) is 23.8 Å². The second kappa shape index (κ2) is 7.04. The molecule has 22 heavy (non-hydrogen) atoms. The number of esters is 1. The van der Waals surface area contributed by atoms with E-state index in [9.17, 15) is 14.9 Å². The fourth-order valence-corrected chi connectivity index (χ4v) is 2.26. The quantitative estimate of drug-likeness (QED) is 0.523. The predicted octanol–water partition coefficient (Wildman–Crippen LogP) is 2.53. The van der Waals surface area contributed by atoms with Crippen molar-refractivity contribution in [1.29, 1.82) is 0 Å². The third-order valence-electron chi connectivity index (χ3n) is 3.17. The van der Waals surface area contributed by atoms with Gasteiger partial charge in [-0.3, -0.25) is 15.1 Å². The fraction of sp³-hybridized carbons (Fsp3) is 0.286. The molecule has 1 aromatic rings. The highest BCUT2D eigenvalue weighted by molar-refractivity contribution is 5.95. The fourth-order valence-electron chi connectivity index (χ4n) is 2.26. The van der Waals surface area contributed by atoms with E-state index in [4.69, 9.17) is 4.74 Å². The van der Waals surface area contributed by atoms with Gasteiger partial charge in [0.25, 0.3) is 5.69 Å². The zero-order valence-electron chi connectivity index (χ0n) is 12.3.